The molecule has 3 aromatic rings. The lowest BCUT2D eigenvalue weighted by Crippen LogP contribution is -2.25. The number of benzene rings is 2. The van der Waals surface area contributed by atoms with Crippen LogP contribution in [0.1, 0.15) is 27.2 Å². The van der Waals surface area contributed by atoms with Crippen molar-refractivity contribution in [2.45, 2.75) is 25.4 Å². The number of nitrogens with zero attached hydrogens (tertiary/aromatic N) is 1. The van der Waals surface area contributed by atoms with E-state index in [2.05, 4.69) is 15.6 Å². The maximum atomic E-state index is 12.9. The van der Waals surface area contributed by atoms with Gasteiger partial charge in [0.25, 0.3) is 5.91 Å². The Balaban J connectivity index is 1.68. The predicted octanol–water partition coefficient (Wildman–Crippen LogP) is 4.36. The van der Waals surface area contributed by atoms with E-state index in [0.29, 0.717) is 22.8 Å². The topological polar surface area (TPSA) is 71.1 Å². The van der Waals surface area contributed by atoms with E-state index in [9.17, 15) is 9.59 Å². The van der Waals surface area contributed by atoms with Gasteiger partial charge < -0.3 is 10.6 Å². The number of hydrogen-bond acceptors (Lipinski definition) is 4. The molecule has 1 heterocycles. The van der Waals surface area contributed by atoms with Gasteiger partial charge in [-0.25, -0.2) is 4.98 Å². The van der Waals surface area contributed by atoms with Crippen LogP contribution in [0.25, 0.3) is 0 Å². The van der Waals surface area contributed by atoms with Crippen molar-refractivity contribution in [2.75, 3.05) is 11.1 Å². The van der Waals surface area contributed by atoms with Crippen molar-refractivity contribution in [3.05, 3.63) is 89.1 Å². The Morgan fingerprint density at radius 2 is 1.62 bits per heavy atom. The molecular formula is C23H23N3O2S. The number of hydrogen-bond donors (Lipinski definition) is 2. The zero-order valence-electron chi connectivity index (χ0n) is 16.4. The quantitative estimate of drug-likeness (QED) is 0.573. The Kier molecular flexibility index (Phi) is 7.03. The Morgan fingerprint density at radius 3 is 2.31 bits per heavy atom. The van der Waals surface area contributed by atoms with Crippen molar-refractivity contribution in [1.82, 2.24) is 10.3 Å². The predicted molar refractivity (Wildman–Crippen MR) is 117 cm³/mol. The highest BCUT2D eigenvalue weighted by molar-refractivity contribution is 8.00. The lowest BCUT2D eigenvalue weighted by molar-refractivity contribution is -0.118. The molecule has 2 aromatic carbocycles. The smallest absolute Gasteiger partial charge is 0.258 e. The van der Waals surface area contributed by atoms with Crippen molar-refractivity contribution in [2.24, 2.45) is 0 Å². The maximum absolute atomic E-state index is 12.9. The molecule has 2 N–H and O–H groups in total. The Bertz CT molecular complexity index is 992. The van der Waals surface area contributed by atoms with E-state index in [0.717, 1.165) is 16.8 Å². The highest BCUT2D eigenvalue weighted by atomic mass is 32.2. The summed E-state index contributed by atoms with van der Waals surface area (Å²) < 4.78 is 0. The first-order valence-electron chi connectivity index (χ1n) is 9.31. The fraction of sp³-hybridized carbons (Fsp3) is 0.174. The van der Waals surface area contributed by atoms with Crippen LogP contribution < -0.4 is 10.6 Å². The second-order valence-electron chi connectivity index (χ2n) is 6.63. The molecule has 0 bridgehead atoms. The van der Waals surface area contributed by atoms with Gasteiger partial charge in [-0.1, -0.05) is 60.3 Å². The Hall–Kier alpha value is -3.12. The van der Waals surface area contributed by atoms with Crippen LogP contribution in [0, 0.1) is 13.8 Å². The van der Waals surface area contributed by atoms with Crippen LogP contribution in [0.15, 0.2) is 71.8 Å². The number of nitrogens with one attached hydrogen (secondary N) is 2. The van der Waals surface area contributed by atoms with E-state index in [-0.39, 0.29) is 17.6 Å². The first kappa shape index (κ1) is 20.6. The molecule has 3 rings (SSSR count). The van der Waals surface area contributed by atoms with Gasteiger partial charge in [0.1, 0.15) is 5.03 Å². The molecule has 0 saturated heterocycles. The van der Waals surface area contributed by atoms with Gasteiger partial charge in [0.2, 0.25) is 5.91 Å². The summed E-state index contributed by atoms with van der Waals surface area (Å²) in [5.74, 6) is -0.142. The molecule has 0 saturated carbocycles. The average Bonchev–Trinajstić information content (AvgIpc) is 2.71. The van der Waals surface area contributed by atoms with Crippen molar-refractivity contribution in [1.29, 1.82) is 0 Å². The molecule has 29 heavy (non-hydrogen) atoms. The van der Waals surface area contributed by atoms with Gasteiger partial charge in [-0.15, -0.1) is 0 Å². The summed E-state index contributed by atoms with van der Waals surface area (Å²) in [5, 5.41) is 6.36. The highest BCUT2D eigenvalue weighted by Gasteiger charge is 2.18. The van der Waals surface area contributed by atoms with E-state index in [1.807, 2.05) is 80.6 Å². The van der Waals surface area contributed by atoms with Crippen molar-refractivity contribution < 1.29 is 9.59 Å². The van der Waals surface area contributed by atoms with Crippen LogP contribution in [-0.4, -0.2) is 22.6 Å². The minimum atomic E-state index is -0.228. The van der Waals surface area contributed by atoms with Gasteiger partial charge in [0, 0.05) is 17.9 Å². The number of thioether (sulfide) groups is 1. The summed E-state index contributed by atoms with van der Waals surface area (Å²) in [7, 11) is 0. The highest BCUT2D eigenvalue weighted by Crippen LogP contribution is 2.25. The summed E-state index contributed by atoms with van der Waals surface area (Å²) in [6.45, 7) is 4.24. The molecule has 2 amide bonds. The Morgan fingerprint density at radius 1 is 0.966 bits per heavy atom. The third-order valence-electron chi connectivity index (χ3n) is 4.24. The second-order valence-corrected chi connectivity index (χ2v) is 7.60. The number of carbonyl (C=O) groups excluding carboxylic acids is 2. The largest absolute Gasteiger partial charge is 0.351 e. The van der Waals surface area contributed by atoms with Gasteiger partial charge in [-0.05, 0) is 43.2 Å². The molecule has 0 atom stereocenters. The summed E-state index contributed by atoms with van der Waals surface area (Å²) >= 11 is 1.27. The van der Waals surface area contributed by atoms with E-state index < -0.39 is 0 Å². The van der Waals surface area contributed by atoms with Crippen molar-refractivity contribution in [3.63, 3.8) is 0 Å². The molecule has 0 unspecified atom stereocenters. The molecule has 0 aliphatic carbocycles. The summed E-state index contributed by atoms with van der Waals surface area (Å²) in [6.07, 6.45) is 0. The molecule has 6 heteroatoms. The minimum absolute atomic E-state index is 0.103. The van der Waals surface area contributed by atoms with Crippen molar-refractivity contribution >= 4 is 29.3 Å². The SMILES string of the molecule is Cc1cc(C)c(C(=O)Nc2ccccc2)c(SCC(=O)NCc2ccccc2)n1. The molecule has 5 nitrogen and oxygen atoms in total. The van der Waals surface area contributed by atoms with Gasteiger partial charge in [0.15, 0.2) is 0 Å². The Labute approximate surface area is 175 Å². The summed E-state index contributed by atoms with van der Waals surface area (Å²) in [6, 6.07) is 20.9. The fourth-order valence-corrected chi connectivity index (χ4v) is 3.86. The monoisotopic (exact) mass is 405 g/mol. The molecule has 0 aliphatic heterocycles. The van der Waals surface area contributed by atoms with E-state index in [4.69, 9.17) is 0 Å². The number of aryl methyl sites for hydroxylation is 2. The third kappa shape index (κ3) is 5.93. The standard InChI is InChI=1S/C23H23N3O2S/c1-16-13-17(2)25-23(21(16)22(28)26-19-11-7-4-8-12-19)29-15-20(27)24-14-18-9-5-3-6-10-18/h3-13H,14-15H2,1-2H3,(H,24,27)(H,26,28). The normalized spacial score (nSPS) is 10.4. The number of rotatable bonds is 7. The van der Waals surface area contributed by atoms with Gasteiger partial charge >= 0.3 is 0 Å². The molecule has 1 aromatic heterocycles. The lowest BCUT2D eigenvalue weighted by Gasteiger charge is -2.13. The zero-order chi connectivity index (χ0) is 20.6. The van der Waals surface area contributed by atoms with Crippen LogP contribution in [0.2, 0.25) is 0 Å². The van der Waals surface area contributed by atoms with Crippen molar-refractivity contribution in [3.8, 4) is 0 Å². The van der Waals surface area contributed by atoms with E-state index >= 15 is 0 Å². The van der Waals surface area contributed by atoms with Crippen LogP contribution in [0.4, 0.5) is 5.69 Å². The van der Waals surface area contributed by atoms with Gasteiger partial charge in [-0.2, -0.15) is 0 Å². The number of pyridine rings is 1. The molecule has 0 spiro atoms. The second kappa shape index (κ2) is 9.89. The van der Waals surface area contributed by atoms with Gasteiger partial charge in [0.05, 0.1) is 11.3 Å². The number of amides is 2. The number of aromatic nitrogens is 1. The first-order valence-corrected chi connectivity index (χ1v) is 10.3. The maximum Gasteiger partial charge on any atom is 0.258 e. The zero-order valence-corrected chi connectivity index (χ0v) is 17.3. The van der Waals surface area contributed by atoms with Crippen LogP contribution in [0.5, 0.6) is 0 Å². The third-order valence-corrected chi connectivity index (χ3v) is 5.22. The number of carbonyl (C=O) groups is 2. The molecule has 0 radical (unpaired) electrons. The number of anilines is 1. The molecule has 0 fully saturated rings. The van der Waals surface area contributed by atoms with Gasteiger partial charge in [-0.3, -0.25) is 9.59 Å². The summed E-state index contributed by atoms with van der Waals surface area (Å²) in [5.41, 5.74) is 3.90. The van der Waals surface area contributed by atoms with Crippen LogP contribution in [-0.2, 0) is 11.3 Å². The fourth-order valence-electron chi connectivity index (χ4n) is 2.88. The lowest BCUT2D eigenvalue weighted by atomic mass is 10.1. The molecule has 0 aliphatic rings. The summed E-state index contributed by atoms with van der Waals surface area (Å²) in [4.78, 5) is 29.6. The minimum Gasteiger partial charge on any atom is -0.351 e. The molecular weight excluding hydrogens is 382 g/mol. The molecule has 148 valence electrons. The van der Waals surface area contributed by atoms with E-state index in [1.54, 1.807) is 0 Å². The van der Waals surface area contributed by atoms with Crippen LogP contribution in [0.3, 0.4) is 0 Å². The van der Waals surface area contributed by atoms with Crippen LogP contribution >= 0.6 is 11.8 Å². The first-order chi connectivity index (χ1) is 14.0. The average molecular weight is 406 g/mol. The van der Waals surface area contributed by atoms with E-state index in [1.165, 1.54) is 11.8 Å². The number of para-hydroxylation sites is 1.